The van der Waals surface area contributed by atoms with Crippen LogP contribution >= 0.6 is 43.5 Å². The van der Waals surface area contributed by atoms with E-state index in [9.17, 15) is 0 Å². The maximum Gasteiger partial charge on any atom is 0.137 e. The highest BCUT2D eigenvalue weighted by molar-refractivity contribution is 9.10. The third-order valence-electron chi connectivity index (χ3n) is 2.93. The van der Waals surface area contributed by atoms with Crippen LogP contribution in [0.25, 0.3) is 0 Å². The first-order valence-electron chi connectivity index (χ1n) is 5.88. The highest BCUT2D eigenvalue weighted by Gasteiger charge is 2.21. The summed E-state index contributed by atoms with van der Waals surface area (Å²) in [5, 5.41) is 0.645. The smallest absolute Gasteiger partial charge is 0.137 e. The third-order valence-corrected chi connectivity index (χ3v) is 4.72. The molecule has 0 saturated carbocycles. The third kappa shape index (κ3) is 3.13. The lowest BCUT2D eigenvalue weighted by molar-refractivity contribution is 0.403. The Morgan fingerprint density at radius 3 is 2.40 bits per heavy atom. The van der Waals surface area contributed by atoms with E-state index in [1.807, 2.05) is 36.4 Å². The van der Waals surface area contributed by atoms with Gasteiger partial charge in [-0.25, -0.2) is 0 Å². The summed E-state index contributed by atoms with van der Waals surface area (Å²) < 4.78 is 11.7. The minimum atomic E-state index is -0.0800. The van der Waals surface area contributed by atoms with Crippen LogP contribution in [0.5, 0.6) is 11.5 Å². The largest absolute Gasteiger partial charge is 0.496 e. The van der Waals surface area contributed by atoms with Crippen LogP contribution < -0.4 is 9.47 Å². The van der Waals surface area contributed by atoms with E-state index in [0.29, 0.717) is 5.02 Å². The van der Waals surface area contributed by atoms with Gasteiger partial charge in [-0.2, -0.15) is 0 Å². The fourth-order valence-corrected chi connectivity index (χ4v) is 3.74. The van der Waals surface area contributed by atoms with Crippen molar-refractivity contribution in [2.45, 2.75) is 4.83 Å². The number of ether oxygens (including phenoxy) is 2. The normalized spacial score (nSPS) is 12.1. The Morgan fingerprint density at radius 2 is 1.75 bits per heavy atom. The molecule has 2 aromatic carbocycles. The van der Waals surface area contributed by atoms with E-state index in [4.69, 9.17) is 21.1 Å². The van der Waals surface area contributed by atoms with Crippen molar-refractivity contribution in [1.29, 1.82) is 0 Å². The molecule has 20 heavy (non-hydrogen) atoms. The molecule has 106 valence electrons. The molecule has 0 heterocycles. The van der Waals surface area contributed by atoms with Crippen LogP contribution in [0.2, 0.25) is 5.02 Å². The topological polar surface area (TPSA) is 18.5 Å². The number of para-hydroxylation sites is 1. The molecule has 2 nitrogen and oxygen atoms in total. The van der Waals surface area contributed by atoms with Crippen LogP contribution in [0.3, 0.4) is 0 Å². The first kappa shape index (κ1) is 15.7. The van der Waals surface area contributed by atoms with Crippen LogP contribution in [0, 0.1) is 0 Å². The molecule has 0 aliphatic heterocycles. The summed E-state index contributed by atoms with van der Waals surface area (Å²) in [7, 11) is 3.29. The molecule has 5 heteroatoms. The molecule has 0 aliphatic rings. The molecule has 1 atom stereocenters. The minimum Gasteiger partial charge on any atom is -0.496 e. The lowest BCUT2D eigenvalue weighted by Crippen LogP contribution is -2.00. The SMILES string of the molecule is COc1ccccc1C(Br)c1cc(Cl)cc(Br)c1OC. The number of benzene rings is 2. The molecule has 0 N–H and O–H groups in total. The molecule has 2 rings (SSSR count). The van der Waals surface area contributed by atoms with Gasteiger partial charge in [0.15, 0.2) is 0 Å². The van der Waals surface area contributed by atoms with Gasteiger partial charge < -0.3 is 9.47 Å². The van der Waals surface area contributed by atoms with Crippen LogP contribution in [-0.4, -0.2) is 14.2 Å². The van der Waals surface area contributed by atoms with Gasteiger partial charge in [0.2, 0.25) is 0 Å². The monoisotopic (exact) mass is 418 g/mol. The molecule has 0 amide bonds. The standard InChI is InChI=1S/C15H13Br2ClO2/c1-19-13-6-4-3-5-10(13)14(17)11-7-9(18)8-12(16)15(11)20-2/h3-8,14H,1-2H3. The van der Waals surface area contributed by atoms with Crippen molar-refractivity contribution in [3.05, 3.63) is 57.0 Å². The van der Waals surface area contributed by atoms with Crippen molar-refractivity contribution in [1.82, 2.24) is 0 Å². The number of hydrogen-bond donors (Lipinski definition) is 0. The molecule has 0 radical (unpaired) electrons. The number of hydrogen-bond acceptors (Lipinski definition) is 2. The molecule has 0 saturated heterocycles. The quantitative estimate of drug-likeness (QED) is 0.599. The number of halogens is 3. The molecule has 0 aromatic heterocycles. The zero-order valence-electron chi connectivity index (χ0n) is 11.0. The van der Waals surface area contributed by atoms with Crippen molar-refractivity contribution < 1.29 is 9.47 Å². The molecule has 0 spiro atoms. The van der Waals surface area contributed by atoms with Gasteiger partial charge in [0.05, 0.1) is 23.5 Å². The fourth-order valence-electron chi connectivity index (χ4n) is 2.03. The number of rotatable bonds is 4. The highest BCUT2D eigenvalue weighted by Crippen LogP contribution is 2.44. The summed E-state index contributed by atoms with van der Waals surface area (Å²) in [5.74, 6) is 1.56. The number of alkyl halides is 1. The second-order valence-corrected chi connectivity index (χ2v) is 6.32. The maximum absolute atomic E-state index is 6.15. The van der Waals surface area contributed by atoms with Crippen molar-refractivity contribution in [3.8, 4) is 11.5 Å². The molecule has 0 fully saturated rings. The van der Waals surface area contributed by atoms with Gasteiger partial charge in [0.1, 0.15) is 11.5 Å². The van der Waals surface area contributed by atoms with Crippen LogP contribution in [0.1, 0.15) is 16.0 Å². The van der Waals surface area contributed by atoms with Gasteiger partial charge in [0, 0.05) is 16.1 Å². The Labute approximate surface area is 140 Å². The summed E-state index contributed by atoms with van der Waals surface area (Å²) in [6.07, 6.45) is 0. The molecular weight excluding hydrogens is 407 g/mol. The van der Waals surface area contributed by atoms with Crippen molar-refractivity contribution in [3.63, 3.8) is 0 Å². The van der Waals surface area contributed by atoms with Crippen molar-refractivity contribution >= 4 is 43.5 Å². The minimum absolute atomic E-state index is 0.0800. The average Bonchev–Trinajstić information content (AvgIpc) is 2.45. The molecule has 0 aliphatic carbocycles. The predicted molar refractivity (Wildman–Crippen MR) is 89.5 cm³/mol. The molecular formula is C15H13Br2ClO2. The average molecular weight is 421 g/mol. The second kappa shape index (κ2) is 6.83. The Balaban J connectivity index is 2.55. The van der Waals surface area contributed by atoms with E-state index < -0.39 is 0 Å². The summed E-state index contributed by atoms with van der Waals surface area (Å²) in [5.41, 5.74) is 1.96. The van der Waals surface area contributed by atoms with Gasteiger partial charge in [0.25, 0.3) is 0 Å². The van der Waals surface area contributed by atoms with Gasteiger partial charge in [-0.05, 0) is 34.1 Å². The van der Waals surface area contributed by atoms with E-state index in [-0.39, 0.29) is 4.83 Å². The van der Waals surface area contributed by atoms with E-state index in [2.05, 4.69) is 31.9 Å². The van der Waals surface area contributed by atoms with Crippen LogP contribution in [0.15, 0.2) is 40.9 Å². The Kier molecular flexibility index (Phi) is 5.35. The van der Waals surface area contributed by atoms with Gasteiger partial charge in [-0.15, -0.1) is 0 Å². The zero-order valence-corrected chi connectivity index (χ0v) is 14.9. The summed E-state index contributed by atoms with van der Waals surface area (Å²) in [4.78, 5) is -0.0800. The second-order valence-electron chi connectivity index (χ2n) is 4.11. The van der Waals surface area contributed by atoms with Gasteiger partial charge in [-0.3, -0.25) is 0 Å². The molecule has 0 bridgehead atoms. The Bertz CT molecular complexity index is 617. The maximum atomic E-state index is 6.15. The molecule has 2 aromatic rings. The van der Waals surface area contributed by atoms with Crippen molar-refractivity contribution in [2.24, 2.45) is 0 Å². The molecule has 1 unspecified atom stereocenters. The zero-order chi connectivity index (χ0) is 14.7. The Hall–Kier alpha value is -0.710. The first-order chi connectivity index (χ1) is 9.58. The van der Waals surface area contributed by atoms with Gasteiger partial charge in [-0.1, -0.05) is 45.7 Å². The van der Waals surface area contributed by atoms with E-state index in [0.717, 1.165) is 27.1 Å². The fraction of sp³-hybridized carbons (Fsp3) is 0.200. The van der Waals surface area contributed by atoms with Gasteiger partial charge >= 0.3 is 0 Å². The van der Waals surface area contributed by atoms with Crippen LogP contribution in [0.4, 0.5) is 0 Å². The lowest BCUT2D eigenvalue weighted by atomic mass is 10.0. The van der Waals surface area contributed by atoms with E-state index in [1.165, 1.54) is 0 Å². The highest BCUT2D eigenvalue weighted by atomic mass is 79.9. The predicted octanol–water partition coefficient (Wildman–Crippen LogP) is 5.60. The van der Waals surface area contributed by atoms with Crippen LogP contribution in [-0.2, 0) is 0 Å². The van der Waals surface area contributed by atoms with Crippen molar-refractivity contribution in [2.75, 3.05) is 14.2 Å². The van der Waals surface area contributed by atoms with E-state index >= 15 is 0 Å². The summed E-state index contributed by atoms with van der Waals surface area (Å²) >= 11 is 13.3. The first-order valence-corrected chi connectivity index (χ1v) is 7.97. The summed E-state index contributed by atoms with van der Waals surface area (Å²) in [6, 6.07) is 11.5. The lowest BCUT2D eigenvalue weighted by Gasteiger charge is -2.18. The summed E-state index contributed by atoms with van der Waals surface area (Å²) in [6.45, 7) is 0. The number of methoxy groups -OCH3 is 2. The Morgan fingerprint density at radius 1 is 1.05 bits per heavy atom. The van der Waals surface area contributed by atoms with E-state index in [1.54, 1.807) is 14.2 Å².